The Bertz CT molecular complexity index is 425. The number of ether oxygens (including phenoxy) is 2. The van der Waals surface area contributed by atoms with Crippen LogP contribution in [0.15, 0.2) is 21.3 Å². The zero-order chi connectivity index (χ0) is 12.1. The molecule has 0 aliphatic rings. The zero-order valence-electron chi connectivity index (χ0n) is 9.06. The molecule has 1 aromatic heterocycles. The molecule has 16 heavy (non-hydrogen) atoms. The molecule has 0 saturated heterocycles. The van der Waals surface area contributed by atoms with Crippen LogP contribution in [0.4, 0.5) is 0 Å². The first-order chi connectivity index (χ1) is 7.52. The Morgan fingerprint density at radius 3 is 2.81 bits per heavy atom. The lowest BCUT2D eigenvalue weighted by Crippen LogP contribution is -2.37. The molecule has 2 N–H and O–H groups in total. The molecule has 0 amide bonds. The van der Waals surface area contributed by atoms with E-state index in [9.17, 15) is 9.59 Å². The van der Waals surface area contributed by atoms with Gasteiger partial charge >= 0.3 is 11.6 Å². The molecule has 0 radical (unpaired) electrons. The Hall–Kier alpha value is -1.82. The van der Waals surface area contributed by atoms with E-state index in [0.29, 0.717) is 11.5 Å². The summed E-state index contributed by atoms with van der Waals surface area (Å²) < 4.78 is 14.3. The van der Waals surface area contributed by atoms with Gasteiger partial charge in [0.2, 0.25) is 0 Å². The smallest absolute Gasteiger partial charge is 0.339 e. The van der Waals surface area contributed by atoms with E-state index in [1.54, 1.807) is 6.92 Å². The fraction of sp³-hybridized carbons (Fsp3) is 0.400. The summed E-state index contributed by atoms with van der Waals surface area (Å²) in [5.74, 6) is 0.168. The highest BCUT2D eigenvalue weighted by molar-refractivity contribution is 5.75. The van der Waals surface area contributed by atoms with Crippen LogP contribution >= 0.6 is 0 Å². The van der Waals surface area contributed by atoms with Gasteiger partial charge in [-0.1, -0.05) is 0 Å². The van der Waals surface area contributed by atoms with Gasteiger partial charge in [0, 0.05) is 6.07 Å². The molecule has 88 valence electrons. The van der Waals surface area contributed by atoms with Crippen molar-refractivity contribution < 1.29 is 18.7 Å². The lowest BCUT2D eigenvalue weighted by molar-refractivity contribution is -0.142. The van der Waals surface area contributed by atoms with Crippen LogP contribution in [0.1, 0.15) is 5.76 Å². The van der Waals surface area contributed by atoms with Crippen LogP contribution in [-0.4, -0.2) is 25.7 Å². The number of rotatable bonds is 4. The van der Waals surface area contributed by atoms with Gasteiger partial charge < -0.3 is 19.6 Å². The van der Waals surface area contributed by atoms with Crippen molar-refractivity contribution in [1.82, 2.24) is 0 Å². The van der Waals surface area contributed by atoms with Gasteiger partial charge in [-0.25, -0.2) is 4.79 Å². The third-order valence-corrected chi connectivity index (χ3v) is 1.80. The third kappa shape index (κ3) is 3.39. The molecule has 0 saturated carbocycles. The Balaban J connectivity index is 2.61. The summed E-state index contributed by atoms with van der Waals surface area (Å²) in [4.78, 5) is 21.9. The Labute approximate surface area is 92.0 Å². The number of carbonyl (C=O) groups excluding carboxylic acids is 1. The number of hydrogen-bond acceptors (Lipinski definition) is 6. The van der Waals surface area contributed by atoms with Crippen LogP contribution in [0.5, 0.6) is 5.75 Å². The predicted molar refractivity (Wildman–Crippen MR) is 55.2 cm³/mol. The number of hydrogen-bond donors (Lipinski definition) is 1. The van der Waals surface area contributed by atoms with E-state index in [-0.39, 0.29) is 6.61 Å². The van der Waals surface area contributed by atoms with E-state index >= 15 is 0 Å². The van der Waals surface area contributed by atoms with Crippen LogP contribution < -0.4 is 16.1 Å². The molecule has 1 atom stereocenters. The van der Waals surface area contributed by atoms with Crippen LogP contribution in [0.3, 0.4) is 0 Å². The Morgan fingerprint density at radius 2 is 2.25 bits per heavy atom. The van der Waals surface area contributed by atoms with Crippen molar-refractivity contribution in [2.24, 2.45) is 5.73 Å². The average molecular weight is 227 g/mol. The molecule has 0 fully saturated rings. The predicted octanol–water partition coefficient (Wildman–Crippen LogP) is -0.173. The highest BCUT2D eigenvalue weighted by Crippen LogP contribution is 2.09. The molecule has 1 unspecified atom stereocenters. The van der Waals surface area contributed by atoms with Crippen molar-refractivity contribution in [1.29, 1.82) is 0 Å². The molecule has 0 aliphatic carbocycles. The summed E-state index contributed by atoms with van der Waals surface area (Å²) in [6, 6.07) is 1.83. The fourth-order valence-electron chi connectivity index (χ4n) is 1.06. The van der Waals surface area contributed by atoms with Gasteiger partial charge in [-0.15, -0.1) is 0 Å². The number of aryl methyl sites for hydroxylation is 1. The van der Waals surface area contributed by atoms with Gasteiger partial charge in [0.05, 0.1) is 13.2 Å². The topological polar surface area (TPSA) is 91.8 Å². The monoisotopic (exact) mass is 227 g/mol. The minimum atomic E-state index is -0.877. The van der Waals surface area contributed by atoms with Crippen molar-refractivity contribution in [2.45, 2.75) is 13.0 Å². The number of methoxy groups -OCH3 is 1. The molecule has 0 aliphatic heterocycles. The normalized spacial score (nSPS) is 11.9. The number of nitrogens with two attached hydrogens (primary N) is 1. The first kappa shape index (κ1) is 12.3. The van der Waals surface area contributed by atoms with Gasteiger partial charge in [-0.3, -0.25) is 4.79 Å². The van der Waals surface area contributed by atoms with E-state index < -0.39 is 17.6 Å². The average Bonchev–Trinajstić information content (AvgIpc) is 2.23. The van der Waals surface area contributed by atoms with E-state index in [0.717, 1.165) is 0 Å². The number of carbonyl (C=O) groups is 1. The quantitative estimate of drug-likeness (QED) is 0.718. The van der Waals surface area contributed by atoms with Gasteiger partial charge in [-0.2, -0.15) is 0 Å². The van der Waals surface area contributed by atoms with Crippen molar-refractivity contribution >= 4 is 5.97 Å². The van der Waals surface area contributed by atoms with E-state index in [4.69, 9.17) is 14.9 Å². The highest BCUT2D eigenvalue weighted by Gasteiger charge is 2.14. The first-order valence-corrected chi connectivity index (χ1v) is 4.61. The SMILES string of the molecule is COC(=O)C(N)COc1cc(C)oc(=O)c1. The van der Waals surface area contributed by atoms with Crippen LogP contribution in [0.2, 0.25) is 0 Å². The lowest BCUT2D eigenvalue weighted by atomic mass is 10.3. The molecule has 0 spiro atoms. The Morgan fingerprint density at radius 1 is 1.56 bits per heavy atom. The highest BCUT2D eigenvalue weighted by atomic mass is 16.5. The van der Waals surface area contributed by atoms with E-state index in [2.05, 4.69) is 4.74 Å². The minimum absolute atomic E-state index is 0.0600. The maximum atomic E-state index is 11.0. The molecule has 1 heterocycles. The summed E-state index contributed by atoms with van der Waals surface area (Å²) >= 11 is 0. The van der Waals surface area contributed by atoms with E-state index in [1.165, 1.54) is 19.2 Å². The molecule has 1 aromatic rings. The van der Waals surface area contributed by atoms with Crippen molar-refractivity contribution in [2.75, 3.05) is 13.7 Å². The molecule has 0 bridgehead atoms. The largest absolute Gasteiger partial charge is 0.491 e. The second-order valence-corrected chi connectivity index (χ2v) is 3.16. The second-order valence-electron chi connectivity index (χ2n) is 3.16. The summed E-state index contributed by atoms with van der Waals surface area (Å²) in [5, 5.41) is 0. The van der Waals surface area contributed by atoms with E-state index in [1.807, 2.05) is 0 Å². The van der Waals surface area contributed by atoms with Crippen LogP contribution in [0.25, 0.3) is 0 Å². The molecule has 1 rings (SSSR count). The molecule has 6 heteroatoms. The summed E-state index contributed by atoms with van der Waals surface area (Å²) in [6.45, 7) is 1.56. The van der Waals surface area contributed by atoms with Crippen molar-refractivity contribution in [3.63, 3.8) is 0 Å². The number of esters is 1. The van der Waals surface area contributed by atoms with Gasteiger partial charge in [0.15, 0.2) is 0 Å². The molecule has 6 nitrogen and oxygen atoms in total. The fourth-order valence-corrected chi connectivity index (χ4v) is 1.06. The third-order valence-electron chi connectivity index (χ3n) is 1.80. The van der Waals surface area contributed by atoms with Crippen LogP contribution in [-0.2, 0) is 9.53 Å². The molecule has 0 aromatic carbocycles. The summed E-state index contributed by atoms with van der Waals surface area (Å²) in [6.07, 6.45) is 0. The lowest BCUT2D eigenvalue weighted by Gasteiger charge is -2.10. The maximum Gasteiger partial charge on any atom is 0.339 e. The standard InChI is InChI=1S/C10H13NO5/c1-6-3-7(4-9(12)16-6)15-5-8(11)10(13)14-2/h3-4,8H,5,11H2,1-2H3. The second kappa shape index (κ2) is 5.32. The van der Waals surface area contributed by atoms with Gasteiger partial charge in [0.1, 0.15) is 24.2 Å². The van der Waals surface area contributed by atoms with Gasteiger partial charge in [0.25, 0.3) is 0 Å². The summed E-state index contributed by atoms with van der Waals surface area (Å²) in [7, 11) is 1.24. The summed E-state index contributed by atoms with van der Waals surface area (Å²) in [5.41, 5.74) is 4.94. The maximum absolute atomic E-state index is 11.0. The van der Waals surface area contributed by atoms with Gasteiger partial charge in [-0.05, 0) is 6.92 Å². The zero-order valence-corrected chi connectivity index (χ0v) is 9.06. The minimum Gasteiger partial charge on any atom is -0.491 e. The molecular formula is C10H13NO5. The Kier molecular flexibility index (Phi) is 4.07. The molecular weight excluding hydrogens is 214 g/mol. The first-order valence-electron chi connectivity index (χ1n) is 4.61. The van der Waals surface area contributed by atoms with Crippen LogP contribution in [0, 0.1) is 6.92 Å². The van der Waals surface area contributed by atoms with Crippen molar-refractivity contribution in [3.05, 3.63) is 28.3 Å². The van der Waals surface area contributed by atoms with Crippen molar-refractivity contribution in [3.8, 4) is 5.75 Å².